The van der Waals surface area contributed by atoms with Gasteiger partial charge in [-0.1, -0.05) is 18.3 Å². The van der Waals surface area contributed by atoms with Crippen LogP contribution < -0.4 is 16.3 Å². The summed E-state index contributed by atoms with van der Waals surface area (Å²) in [5.74, 6) is 4.36. The van der Waals surface area contributed by atoms with Gasteiger partial charge in [0.25, 0.3) is 5.56 Å². The van der Waals surface area contributed by atoms with Gasteiger partial charge in [0.15, 0.2) is 11.4 Å². The van der Waals surface area contributed by atoms with E-state index in [0.717, 1.165) is 11.0 Å². The highest BCUT2D eigenvalue weighted by atomic mass is 17.3. The Labute approximate surface area is 154 Å². The van der Waals surface area contributed by atoms with Crippen LogP contribution in [0.1, 0.15) is 30.9 Å². The van der Waals surface area contributed by atoms with Gasteiger partial charge in [0.2, 0.25) is 5.88 Å². The predicted octanol–water partition coefficient (Wildman–Crippen LogP) is 2.84. The van der Waals surface area contributed by atoms with Crippen LogP contribution in [0.2, 0.25) is 0 Å². The van der Waals surface area contributed by atoms with Gasteiger partial charge < -0.3 is 15.1 Å². The lowest BCUT2D eigenvalue weighted by molar-refractivity contribution is -0.211. The minimum atomic E-state index is -0.585. The minimum Gasteiger partial charge on any atom is -0.506 e. The molecule has 0 fully saturated rings. The maximum absolute atomic E-state index is 12.7. The van der Waals surface area contributed by atoms with Crippen LogP contribution in [0.5, 0.6) is 17.4 Å². The van der Waals surface area contributed by atoms with Crippen molar-refractivity contribution in [1.29, 1.82) is 5.26 Å². The number of nitriles is 1. The van der Waals surface area contributed by atoms with Gasteiger partial charge in [-0.15, -0.1) is 10.2 Å². The summed E-state index contributed by atoms with van der Waals surface area (Å²) in [6.07, 6.45) is 1.43. The molecule has 0 spiro atoms. The summed E-state index contributed by atoms with van der Waals surface area (Å²) in [6.45, 7) is 3.66. The summed E-state index contributed by atoms with van der Waals surface area (Å²) in [6, 6.07) is 5.84. The number of phenols is 1. The van der Waals surface area contributed by atoms with E-state index >= 15 is 0 Å². The monoisotopic (exact) mass is 373 g/mol. The lowest BCUT2D eigenvalue weighted by Crippen LogP contribution is -2.22. The Kier molecular flexibility index (Phi) is 6.48. The summed E-state index contributed by atoms with van der Waals surface area (Å²) in [4.78, 5) is 21.4. The molecule has 0 aliphatic carbocycles. The van der Waals surface area contributed by atoms with E-state index in [4.69, 9.17) is 5.90 Å². The molecule has 142 valence electrons. The number of aromatic nitrogens is 1. The highest BCUT2D eigenvalue weighted by molar-refractivity contribution is 5.58. The zero-order valence-electron chi connectivity index (χ0n) is 14.8. The second-order valence-electron chi connectivity index (χ2n) is 5.62. The normalized spacial score (nSPS) is 10.9. The first-order valence-corrected chi connectivity index (χ1v) is 8.09. The van der Waals surface area contributed by atoms with E-state index < -0.39 is 11.4 Å². The van der Waals surface area contributed by atoms with Crippen molar-refractivity contribution in [3.05, 3.63) is 39.7 Å². The SMILES string of the molecule is CCCCn1c(O)c(C#N)c(C)c(N=Nc2cc(OON)ccc2O)c1=O. The van der Waals surface area contributed by atoms with Gasteiger partial charge in [-0.2, -0.15) is 11.2 Å². The van der Waals surface area contributed by atoms with Crippen molar-refractivity contribution in [2.24, 2.45) is 16.1 Å². The first-order chi connectivity index (χ1) is 12.9. The lowest BCUT2D eigenvalue weighted by Gasteiger charge is -2.12. The lowest BCUT2D eigenvalue weighted by atomic mass is 10.1. The number of benzene rings is 1. The molecule has 1 aromatic carbocycles. The summed E-state index contributed by atoms with van der Waals surface area (Å²) in [5, 5.41) is 37.2. The number of hydrogen-bond acceptors (Lipinski definition) is 9. The first kappa shape index (κ1) is 19.9. The van der Waals surface area contributed by atoms with Gasteiger partial charge >= 0.3 is 0 Å². The molecule has 4 N–H and O–H groups in total. The minimum absolute atomic E-state index is 0.00459. The van der Waals surface area contributed by atoms with Crippen LogP contribution in [0.25, 0.3) is 0 Å². The Hall–Kier alpha value is -3.42. The number of azo groups is 1. The van der Waals surface area contributed by atoms with Gasteiger partial charge in [-0.25, -0.2) is 0 Å². The Morgan fingerprint density at radius 1 is 1.33 bits per heavy atom. The van der Waals surface area contributed by atoms with Gasteiger partial charge in [0.1, 0.15) is 23.1 Å². The van der Waals surface area contributed by atoms with Crippen LogP contribution >= 0.6 is 0 Å². The molecule has 0 unspecified atom stereocenters. The van der Waals surface area contributed by atoms with E-state index in [2.05, 4.69) is 20.1 Å². The van der Waals surface area contributed by atoms with Gasteiger partial charge in [-0.05, 0) is 25.5 Å². The van der Waals surface area contributed by atoms with Crippen LogP contribution in [0.15, 0.2) is 33.2 Å². The molecule has 1 heterocycles. The molecule has 0 radical (unpaired) electrons. The fraction of sp³-hybridized carbons (Fsp3) is 0.294. The molecule has 0 saturated carbocycles. The molecule has 2 aromatic rings. The molecule has 27 heavy (non-hydrogen) atoms. The zero-order valence-corrected chi connectivity index (χ0v) is 14.8. The number of aromatic hydroxyl groups is 2. The molecular formula is C17H19N5O5. The zero-order chi connectivity index (χ0) is 20.0. The van der Waals surface area contributed by atoms with Crippen molar-refractivity contribution < 1.29 is 20.1 Å². The second-order valence-corrected chi connectivity index (χ2v) is 5.62. The fourth-order valence-electron chi connectivity index (χ4n) is 2.38. The Balaban J connectivity index is 2.56. The van der Waals surface area contributed by atoms with E-state index in [1.807, 2.05) is 13.0 Å². The van der Waals surface area contributed by atoms with E-state index in [1.165, 1.54) is 25.1 Å². The molecular weight excluding hydrogens is 354 g/mol. The molecule has 2 rings (SSSR count). The largest absolute Gasteiger partial charge is 0.506 e. The molecule has 0 aliphatic rings. The average molecular weight is 373 g/mol. The quantitative estimate of drug-likeness (QED) is 0.383. The smallest absolute Gasteiger partial charge is 0.281 e. The van der Waals surface area contributed by atoms with Gasteiger partial charge in [0, 0.05) is 18.2 Å². The van der Waals surface area contributed by atoms with E-state index in [0.29, 0.717) is 6.42 Å². The van der Waals surface area contributed by atoms with Crippen LogP contribution in [-0.4, -0.2) is 14.8 Å². The van der Waals surface area contributed by atoms with Crippen LogP contribution in [0.3, 0.4) is 0 Å². The first-order valence-electron chi connectivity index (χ1n) is 8.09. The number of rotatable bonds is 7. The number of nitrogens with zero attached hydrogens (tertiary/aromatic N) is 4. The highest BCUT2D eigenvalue weighted by Gasteiger charge is 2.19. The number of unbranched alkanes of at least 4 members (excludes halogenated alkanes) is 1. The van der Waals surface area contributed by atoms with Crippen molar-refractivity contribution >= 4 is 11.4 Å². The second kappa shape index (κ2) is 8.79. The summed E-state index contributed by atoms with van der Waals surface area (Å²) in [7, 11) is 0. The third kappa shape index (κ3) is 4.22. The van der Waals surface area contributed by atoms with Crippen LogP contribution in [0, 0.1) is 18.3 Å². The van der Waals surface area contributed by atoms with Gasteiger partial charge in [-0.3, -0.25) is 9.36 Å². The van der Waals surface area contributed by atoms with Crippen molar-refractivity contribution in [2.45, 2.75) is 33.2 Å². The van der Waals surface area contributed by atoms with Crippen molar-refractivity contribution in [3.63, 3.8) is 0 Å². The molecule has 10 heteroatoms. The third-order valence-electron chi connectivity index (χ3n) is 3.85. The standard InChI is InChI=1S/C17H19N5O5/c1-3-4-7-22-16(24)12(9-18)10(2)15(17(22)25)21-20-13-8-11(26-27-19)5-6-14(13)23/h5-6,8,23-24H,3-4,7,19H2,1-2H3. The van der Waals surface area contributed by atoms with Crippen molar-refractivity contribution in [2.75, 3.05) is 0 Å². The average Bonchev–Trinajstić information content (AvgIpc) is 2.64. The number of hydrogen-bond donors (Lipinski definition) is 3. The molecule has 10 nitrogen and oxygen atoms in total. The van der Waals surface area contributed by atoms with Crippen molar-refractivity contribution in [3.8, 4) is 23.4 Å². The molecule has 0 saturated heterocycles. The topological polar surface area (TPSA) is 155 Å². The van der Waals surface area contributed by atoms with Crippen LogP contribution in [-0.2, 0) is 11.5 Å². The molecule has 0 atom stereocenters. The van der Waals surface area contributed by atoms with Crippen molar-refractivity contribution in [1.82, 2.24) is 4.57 Å². The van der Waals surface area contributed by atoms with E-state index in [9.17, 15) is 20.3 Å². The summed E-state index contributed by atoms with van der Waals surface area (Å²) < 4.78 is 1.09. The summed E-state index contributed by atoms with van der Waals surface area (Å²) in [5.41, 5.74) is -0.569. The van der Waals surface area contributed by atoms with Crippen LogP contribution in [0.4, 0.5) is 11.4 Å². The summed E-state index contributed by atoms with van der Waals surface area (Å²) >= 11 is 0. The maximum atomic E-state index is 12.7. The molecule has 0 bridgehead atoms. The highest BCUT2D eigenvalue weighted by Crippen LogP contribution is 2.33. The Bertz CT molecular complexity index is 962. The maximum Gasteiger partial charge on any atom is 0.281 e. The fourth-order valence-corrected chi connectivity index (χ4v) is 2.38. The van der Waals surface area contributed by atoms with E-state index in [-0.39, 0.29) is 40.5 Å². The Morgan fingerprint density at radius 2 is 2.07 bits per heavy atom. The Morgan fingerprint density at radius 3 is 2.70 bits per heavy atom. The number of nitrogens with two attached hydrogens (primary N) is 1. The van der Waals surface area contributed by atoms with E-state index in [1.54, 1.807) is 0 Å². The van der Waals surface area contributed by atoms with Gasteiger partial charge in [0.05, 0.1) is 0 Å². The molecule has 0 aliphatic heterocycles. The molecule has 0 amide bonds. The molecule has 1 aromatic heterocycles. The number of phenolic OH excluding ortho intramolecular Hbond substituents is 1. The number of pyridine rings is 1. The predicted molar refractivity (Wildman–Crippen MR) is 94.9 cm³/mol. The third-order valence-corrected chi connectivity index (χ3v) is 3.85.